The number of nitriles is 1. The molecule has 3 aromatic rings. The van der Waals surface area contributed by atoms with Crippen molar-refractivity contribution in [1.82, 2.24) is 19.3 Å². The number of hydrogen-bond acceptors (Lipinski definition) is 6. The molecular weight excluding hydrogens is 482 g/mol. The Morgan fingerprint density at radius 3 is 2.73 bits per heavy atom. The third kappa shape index (κ3) is 5.79. The highest BCUT2D eigenvalue weighted by Gasteiger charge is 2.23. The number of nitrogens with zero attached hydrogens (tertiary/aromatic N) is 5. The van der Waals surface area contributed by atoms with Gasteiger partial charge in [0.1, 0.15) is 11.8 Å². The van der Waals surface area contributed by atoms with Crippen LogP contribution in [0.5, 0.6) is 5.75 Å². The summed E-state index contributed by atoms with van der Waals surface area (Å²) < 4.78 is 8.26. The Bertz CT molecular complexity index is 1150. The van der Waals surface area contributed by atoms with Crippen molar-refractivity contribution < 1.29 is 9.53 Å². The predicted molar refractivity (Wildman–Crippen MR) is 132 cm³/mol. The molecule has 7 nitrogen and oxygen atoms in total. The lowest BCUT2D eigenvalue weighted by Crippen LogP contribution is -2.25. The Morgan fingerprint density at radius 2 is 2.03 bits per heavy atom. The Morgan fingerprint density at radius 1 is 1.24 bits per heavy atom. The zero-order valence-electron chi connectivity index (χ0n) is 19.5. The van der Waals surface area contributed by atoms with E-state index < -0.39 is 0 Å². The number of ether oxygens (including phenoxy) is 1. The molecule has 0 atom stereocenters. The van der Waals surface area contributed by atoms with Crippen LogP contribution in [0.1, 0.15) is 67.3 Å². The van der Waals surface area contributed by atoms with Crippen LogP contribution in [-0.4, -0.2) is 51.3 Å². The number of benzene rings is 1. The fourth-order valence-electron chi connectivity index (χ4n) is 3.79. The standard InChI is InChI=1S/C25H30BrN5O2/c1-4-7-10-21-22(31-13-8-11-28-25(31)29-21)23(32)18-15-19(17-27)24(20(26)16-18)33-14-9-12-30(5-2)6-3/h8,11,13,15-16H,4-7,9-10,12,14H2,1-3H3. The molecule has 0 radical (unpaired) electrons. The summed E-state index contributed by atoms with van der Waals surface area (Å²) in [4.78, 5) is 24.8. The van der Waals surface area contributed by atoms with E-state index in [9.17, 15) is 10.1 Å². The Balaban J connectivity index is 1.88. The Hall–Kier alpha value is -2.76. The molecule has 3 rings (SSSR count). The van der Waals surface area contributed by atoms with Crippen LogP contribution in [0.2, 0.25) is 0 Å². The largest absolute Gasteiger partial charge is 0.491 e. The topological polar surface area (TPSA) is 83.5 Å². The smallest absolute Gasteiger partial charge is 0.234 e. The van der Waals surface area contributed by atoms with Gasteiger partial charge in [-0.3, -0.25) is 9.20 Å². The van der Waals surface area contributed by atoms with Crippen molar-refractivity contribution in [3.63, 3.8) is 0 Å². The predicted octanol–water partition coefficient (Wildman–Crippen LogP) is 5.05. The number of halogens is 1. The lowest BCUT2D eigenvalue weighted by Gasteiger charge is -2.18. The Labute approximate surface area is 203 Å². The third-order valence-electron chi connectivity index (χ3n) is 5.64. The second-order valence-electron chi connectivity index (χ2n) is 7.80. The highest BCUT2D eigenvalue weighted by Crippen LogP contribution is 2.32. The fraction of sp³-hybridized carbons (Fsp3) is 0.440. The molecule has 0 unspecified atom stereocenters. The van der Waals surface area contributed by atoms with Crippen molar-refractivity contribution in [3.8, 4) is 11.8 Å². The van der Waals surface area contributed by atoms with Gasteiger partial charge in [0, 0.05) is 24.5 Å². The summed E-state index contributed by atoms with van der Waals surface area (Å²) in [7, 11) is 0. The number of imidazole rings is 1. The monoisotopic (exact) mass is 511 g/mol. The van der Waals surface area contributed by atoms with Crippen molar-refractivity contribution in [2.45, 2.75) is 46.5 Å². The normalized spacial score (nSPS) is 11.2. The molecule has 0 aliphatic carbocycles. The van der Waals surface area contributed by atoms with Crippen LogP contribution in [0.3, 0.4) is 0 Å². The third-order valence-corrected chi connectivity index (χ3v) is 6.23. The van der Waals surface area contributed by atoms with E-state index in [1.807, 2.05) is 0 Å². The van der Waals surface area contributed by atoms with Crippen LogP contribution in [0.15, 0.2) is 35.1 Å². The molecule has 0 aliphatic heterocycles. The summed E-state index contributed by atoms with van der Waals surface area (Å²) in [6.07, 6.45) is 6.94. The first kappa shape index (κ1) is 24.9. The average molecular weight is 512 g/mol. The molecule has 174 valence electrons. The number of carbonyl (C=O) groups is 1. The van der Waals surface area contributed by atoms with Crippen LogP contribution in [0.25, 0.3) is 5.78 Å². The highest BCUT2D eigenvalue weighted by atomic mass is 79.9. The van der Waals surface area contributed by atoms with Crippen LogP contribution >= 0.6 is 15.9 Å². The summed E-state index contributed by atoms with van der Waals surface area (Å²) in [5, 5.41) is 9.75. The molecule has 8 heteroatoms. The maximum absolute atomic E-state index is 13.6. The van der Waals surface area contributed by atoms with Crippen molar-refractivity contribution in [1.29, 1.82) is 5.26 Å². The van der Waals surface area contributed by atoms with Gasteiger partial charge in [-0.05, 0) is 66.5 Å². The van der Waals surface area contributed by atoms with Gasteiger partial charge in [0.05, 0.1) is 22.3 Å². The van der Waals surface area contributed by atoms with Gasteiger partial charge in [0.2, 0.25) is 11.6 Å². The van der Waals surface area contributed by atoms with Crippen molar-refractivity contribution in [2.24, 2.45) is 0 Å². The molecule has 0 spiro atoms. The number of aryl methyl sites for hydroxylation is 1. The van der Waals surface area contributed by atoms with E-state index in [0.717, 1.165) is 44.6 Å². The van der Waals surface area contributed by atoms with Gasteiger partial charge in [0.25, 0.3) is 0 Å². The molecule has 0 bridgehead atoms. The fourth-order valence-corrected chi connectivity index (χ4v) is 4.36. The minimum absolute atomic E-state index is 0.188. The molecule has 0 N–H and O–H groups in total. The van der Waals surface area contributed by atoms with Crippen molar-refractivity contribution in [3.05, 3.63) is 57.6 Å². The van der Waals surface area contributed by atoms with E-state index >= 15 is 0 Å². The van der Waals surface area contributed by atoms with Crippen molar-refractivity contribution >= 4 is 27.5 Å². The lowest BCUT2D eigenvalue weighted by molar-refractivity contribution is 0.103. The van der Waals surface area contributed by atoms with Gasteiger partial charge in [-0.25, -0.2) is 9.97 Å². The minimum atomic E-state index is -0.188. The van der Waals surface area contributed by atoms with Gasteiger partial charge in [0.15, 0.2) is 5.75 Å². The molecule has 0 saturated carbocycles. The summed E-state index contributed by atoms with van der Waals surface area (Å²) in [6, 6.07) is 7.29. The average Bonchev–Trinajstić information content (AvgIpc) is 3.21. The van der Waals surface area contributed by atoms with Crippen molar-refractivity contribution in [2.75, 3.05) is 26.2 Å². The van der Waals surface area contributed by atoms with E-state index in [2.05, 4.69) is 57.6 Å². The van der Waals surface area contributed by atoms with E-state index in [-0.39, 0.29) is 5.78 Å². The zero-order chi connectivity index (χ0) is 23.8. The lowest BCUT2D eigenvalue weighted by atomic mass is 10.0. The Kier molecular flexibility index (Phi) is 8.98. The second-order valence-corrected chi connectivity index (χ2v) is 8.66. The number of hydrogen-bond donors (Lipinski definition) is 0. The maximum atomic E-state index is 13.6. The molecule has 0 amide bonds. The van der Waals surface area contributed by atoms with E-state index in [1.54, 1.807) is 35.0 Å². The number of unbranched alkanes of at least 4 members (excludes halogenated alkanes) is 1. The van der Waals surface area contributed by atoms with Crippen LogP contribution in [0.4, 0.5) is 0 Å². The number of aromatic nitrogens is 3. The quantitative estimate of drug-likeness (QED) is 0.250. The molecule has 0 aliphatic rings. The van der Waals surface area contributed by atoms with Gasteiger partial charge in [-0.1, -0.05) is 27.2 Å². The molecule has 0 saturated heterocycles. The number of ketones is 1. The number of fused-ring (bicyclic) bond motifs is 1. The molecular formula is C25H30BrN5O2. The zero-order valence-corrected chi connectivity index (χ0v) is 21.1. The number of rotatable bonds is 12. The van der Waals surface area contributed by atoms with E-state index in [1.165, 1.54) is 0 Å². The van der Waals surface area contributed by atoms with Crippen LogP contribution < -0.4 is 4.74 Å². The molecule has 0 fully saturated rings. The summed E-state index contributed by atoms with van der Waals surface area (Å²) >= 11 is 3.52. The van der Waals surface area contributed by atoms with Gasteiger partial charge < -0.3 is 9.64 Å². The van der Waals surface area contributed by atoms with E-state index in [4.69, 9.17) is 4.74 Å². The SMILES string of the molecule is CCCCc1nc2ncccn2c1C(=O)c1cc(Br)c(OCCCN(CC)CC)c(C#N)c1. The van der Waals surface area contributed by atoms with Crippen LogP contribution in [0, 0.1) is 11.3 Å². The van der Waals surface area contributed by atoms with E-state index in [0.29, 0.717) is 45.8 Å². The summed E-state index contributed by atoms with van der Waals surface area (Å²) in [5.41, 5.74) is 1.97. The first-order valence-corrected chi connectivity index (χ1v) is 12.3. The summed E-state index contributed by atoms with van der Waals surface area (Å²) in [6.45, 7) is 9.81. The minimum Gasteiger partial charge on any atom is -0.491 e. The molecule has 2 aromatic heterocycles. The second kappa shape index (κ2) is 11.9. The summed E-state index contributed by atoms with van der Waals surface area (Å²) in [5.74, 6) is 0.784. The first-order chi connectivity index (χ1) is 16.0. The number of carbonyl (C=O) groups excluding carboxylic acids is 1. The van der Waals surface area contributed by atoms with Gasteiger partial charge >= 0.3 is 0 Å². The molecule has 1 aromatic carbocycles. The molecule has 2 heterocycles. The van der Waals surface area contributed by atoms with Gasteiger partial charge in [-0.2, -0.15) is 5.26 Å². The first-order valence-electron chi connectivity index (χ1n) is 11.5. The van der Waals surface area contributed by atoms with Crippen LogP contribution in [-0.2, 0) is 6.42 Å². The van der Waals surface area contributed by atoms with Gasteiger partial charge in [-0.15, -0.1) is 0 Å². The maximum Gasteiger partial charge on any atom is 0.234 e. The molecule has 33 heavy (non-hydrogen) atoms. The highest BCUT2D eigenvalue weighted by molar-refractivity contribution is 9.10.